The van der Waals surface area contributed by atoms with Crippen molar-refractivity contribution in [2.45, 2.75) is 36.0 Å². The second-order valence-electron chi connectivity index (χ2n) is 9.60. The van der Waals surface area contributed by atoms with Gasteiger partial charge >= 0.3 is 6.18 Å². The first-order valence-electron chi connectivity index (χ1n) is 13.0. The van der Waals surface area contributed by atoms with Gasteiger partial charge in [0, 0.05) is 19.3 Å². The molecule has 218 valence electrons. The quantitative estimate of drug-likeness (QED) is 0.207. The standard InChI is InChI=1S/C28H29ClF3N5O3S/c29-22-15-20(28(30,31)32)16-36-25(22)41-17-24(39)37-27(8-10-33-11-9-27)26(40)35-13-12-34-23(38)14-19-6-3-5-18-4-1-2-7-21(18)19/h1-7,15-16,33H,8-14,17H2,(H,34,38)(H,35,40)(H,37,39). The van der Waals surface area contributed by atoms with Crippen LogP contribution in [0.5, 0.6) is 0 Å². The Hall–Kier alpha value is -3.35. The van der Waals surface area contributed by atoms with E-state index >= 15 is 0 Å². The molecule has 41 heavy (non-hydrogen) atoms. The smallest absolute Gasteiger partial charge is 0.354 e. The van der Waals surface area contributed by atoms with E-state index in [2.05, 4.69) is 26.3 Å². The highest BCUT2D eigenvalue weighted by Gasteiger charge is 2.40. The van der Waals surface area contributed by atoms with Crippen LogP contribution in [0.15, 0.2) is 59.8 Å². The van der Waals surface area contributed by atoms with E-state index in [1.54, 1.807) is 0 Å². The molecule has 8 nitrogen and oxygen atoms in total. The van der Waals surface area contributed by atoms with Crippen LogP contribution in [0.25, 0.3) is 10.8 Å². The van der Waals surface area contributed by atoms with Crippen molar-refractivity contribution in [3.05, 3.63) is 70.9 Å². The van der Waals surface area contributed by atoms with E-state index in [1.165, 1.54) is 0 Å². The second kappa shape index (κ2) is 13.5. The molecule has 0 unspecified atom stereocenters. The van der Waals surface area contributed by atoms with E-state index in [1.807, 2.05) is 42.5 Å². The number of hydrogen-bond donors (Lipinski definition) is 4. The van der Waals surface area contributed by atoms with E-state index in [9.17, 15) is 27.6 Å². The number of aromatic nitrogens is 1. The maximum absolute atomic E-state index is 13.2. The van der Waals surface area contributed by atoms with E-state index < -0.39 is 23.2 Å². The molecule has 2 heterocycles. The van der Waals surface area contributed by atoms with Crippen molar-refractivity contribution < 1.29 is 27.6 Å². The molecule has 0 spiro atoms. The number of rotatable bonds is 10. The average Bonchev–Trinajstić information content (AvgIpc) is 2.94. The summed E-state index contributed by atoms with van der Waals surface area (Å²) >= 11 is 6.82. The van der Waals surface area contributed by atoms with Crippen molar-refractivity contribution >= 4 is 51.9 Å². The Morgan fingerprint density at radius 3 is 2.44 bits per heavy atom. The SMILES string of the molecule is O=C(Cc1cccc2ccccc12)NCCNC(=O)C1(NC(=O)CSc2ncc(C(F)(F)F)cc2Cl)CCNCC1. The Balaban J connectivity index is 1.27. The van der Waals surface area contributed by atoms with Crippen LogP contribution in [0.3, 0.4) is 0 Å². The van der Waals surface area contributed by atoms with Crippen molar-refractivity contribution in [3.63, 3.8) is 0 Å². The van der Waals surface area contributed by atoms with Gasteiger partial charge in [0.05, 0.1) is 22.8 Å². The van der Waals surface area contributed by atoms with Gasteiger partial charge in [-0.2, -0.15) is 13.2 Å². The van der Waals surface area contributed by atoms with Crippen LogP contribution in [0.4, 0.5) is 13.2 Å². The monoisotopic (exact) mass is 607 g/mol. The molecule has 0 bridgehead atoms. The molecule has 1 aliphatic rings. The Morgan fingerprint density at radius 1 is 1.00 bits per heavy atom. The maximum Gasteiger partial charge on any atom is 0.417 e. The molecule has 3 amide bonds. The van der Waals surface area contributed by atoms with Crippen molar-refractivity contribution in [3.8, 4) is 0 Å². The highest BCUT2D eigenvalue weighted by Crippen LogP contribution is 2.33. The number of hydrogen-bond acceptors (Lipinski definition) is 6. The van der Waals surface area contributed by atoms with Crippen LogP contribution in [-0.4, -0.2) is 60.2 Å². The highest BCUT2D eigenvalue weighted by atomic mass is 35.5. The van der Waals surface area contributed by atoms with E-state index in [0.717, 1.165) is 34.2 Å². The lowest BCUT2D eigenvalue weighted by Crippen LogP contribution is -2.63. The number of pyridine rings is 1. The minimum atomic E-state index is -4.58. The first kappa shape index (κ1) is 30.6. The number of carbonyl (C=O) groups excluding carboxylic acids is 3. The van der Waals surface area contributed by atoms with Gasteiger partial charge in [0.1, 0.15) is 10.6 Å². The van der Waals surface area contributed by atoms with E-state index in [4.69, 9.17) is 11.6 Å². The van der Waals surface area contributed by atoms with E-state index in [0.29, 0.717) is 32.1 Å². The molecule has 4 N–H and O–H groups in total. The lowest BCUT2D eigenvalue weighted by Gasteiger charge is -2.37. The fourth-order valence-corrected chi connectivity index (χ4v) is 5.61. The molecule has 0 atom stereocenters. The van der Waals surface area contributed by atoms with E-state index in [-0.39, 0.29) is 47.1 Å². The minimum Gasteiger partial charge on any atom is -0.354 e. The average molecular weight is 608 g/mol. The van der Waals surface area contributed by atoms with Gasteiger partial charge in [-0.1, -0.05) is 65.8 Å². The molecule has 4 rings (SSSR count). The van der Waals surface area contributed by atoms with Gasteiger partial charge in [-0.15, -0.1) is 0 Å². The third-order valence-electron chi connectivity index (χ3n) is 6.71. The summed E-state index contributed by atoms with van der Waals surface area (Å²) in [4.78, 5) is 42.2. The summed E-state index contributed by atoms with van der Waals surface area (Å²) in [7, 11) is 0. The Bertz CT molecular complexity index is 1410. The van der Waals surface area contributed by atoms with Crippen LogP contribution < -0.4 is 21.3 Å². The summed E-state index contributed by atoms with van der Waals surface area (Å²) in [6, 6.07) is 14.4. The fraction of sp³-hybridized carbons (Fsp3) is 0.357. The van der Waals surface area contributed by atoms with Gasteiger partial charge in [0.15, 0.2) is 0 Å². The lowest BCUT2D eigenvalue weighted by atomic mass is 9.87. The number of piperidine rings is 1. The molecular weight excluding hydrogens is 579 g/mol. The van der Waals surface area contributed by atoms with Gasteiger partial charge in [0.2, 0.25) is 17.7 Å². The number of amides is 3. The summed E-state index contributed by atoms with van der Waals surface area (Å²) in [5.41, 5.74) is -1.23. The van der Waals surface area contributed by atoms with Crippen molar-refractivity contribution in [2.24, 2.45) is 0 Å². The van der Waals surface area contributed by atoms with Gasteiger partial charge in [-0.05, 0) is 48.3 Å². The molecule has 1 fully saturated rings. The first-order valence-corrected chi connectivity index (χ1v) is 14.3. The molecule has 0 aliphatic carbocycles. The number of benzene rings is 2. The van der Waals surface area contributed by atoms with Crippen molar-refractivity contribution in [1.82, 2.24) is 26.3 Å². The van der Waals surface area contributed by atoms with Gasteiger partial charge in [-0.25, -0.2) is 4.98 Å². The number of nitrogens with one attached hydrogen (secondary N) is 4. The number of carbonyl (C=O) groups is 3. The predicted molar refractivity (Wildman–Crippen MR) is 152 cm³/mol. The number of thioether (sulfide) groups is 1. The zero-order valence-electron chi connectivity index (χ0n) is 21.9. The maximum atomic E-state index is 13.2. The van der Waals surface area contributed by atoms with Crippen molar-refractivity contribution in [1.29, 1.82) is 0 Å². The Kier molecular flexibility index (Phi) is 10.1. The molecule has 2 aromatic carbocycles. The van der Waals surface area contributed by atoms with Crippen LogP contribution >= 0.6 is 23.4 Å². The molecule has 1 saturated heterocycles. The summed E-state index contributed by atoms with van der Waals surface area (Å²) in [6.45, 7) is 1.40. The zero-order valence-corrected chi connectivity index (χ0v) is 23.5. The molecule has 3 aromatic rings. The normalized spacial score (nSPS) is 14.8. The molecule has 0 radical (unpaired) electrons. The van der Waals surface area contributed by atoms with Crippen LogP contribution in [0.2, 0.25) is 5.02 Å². The number of nitrogens with zero attached hydrogens (tertiary/aromatic N) is 1. The second-order valence-corrected chi connectivity index (χ2v) is 11.0. The molecule has 13 heteroatoms. The third-order valence-corrected chi connectivity index (χ3v) is 8.11. The number of alkyl halides is 3. The highest BCUT2D eigenvalue weighted by molar-refractivity contribution is 8.00. The summed E-state index contributed by atoms with van der Waals surface area (Å²) in [5.74, 6) is -1.21. The van der Waals surface area contributed by atoms with Crippen LogP contribution in [-0.2, 0) is 27.0 Å². The number of halogens is 4. The molecular formula is C28H29ClF3N5O3S. The Labute approximate surface area is 244 Å². The van der Waals surface area contributed by atoms with Crippen LogP contribution in [0, 0.1) is 0 Å². The first-order chi connectivity index (χ1) is 19.6. The minimum absolute atomic E-state index is 0.0814. The topological polar surface area (TPSA) is 112 Å². The summed E-state index contributed by atoms with van der Waals surface area (Å²) in [6.07, 6.45) is -3.01. The largest absolute Gasteiger partial charge is 0.417 e. The number of fused-ring (bicyclic) bond motifs is 1. The fourth-order valence-electron chi connectivity index (χ4n) is 4.62. The van der Waals surface area contributed by atoms with Gasteiger partial charge in [-0.3, -0.25) is 14.4 Å². The zero-order chi connectivity index (χ0) is 29.5. The summed E-state index contributed by atoms with van der Waals surface area (Å²) in [5, 5.41) is 13.5. The Morgan fingerprint density at radius 2 is 1.71 bits per heavy atom. The summed E-state index contributed by atoms with van der Waals surface area (Å²) < 4.78 is 38.5. The van der Waals surface area contributed by atoms with Gasteiger partial charge < -0.3 is 21.3 Å². The molecule has 1 aliphatic heterocycles. The van der Waals surface area contributed by atoms with Gasteiger partial charge in [0.25, 0.3) is 0 Å². The lowest BCUT2D eigenvalue weighted by molar-refractivity contribution is -0.138. The van der Waals surface area contributed by atoms with Crippen molar-refractivity contribution in [2.75, 3.05) is 31.9 Å². The predicted octanol–water partition coefficient (Wildman–Crippen LogP) is 3.71. The molecule has 0 saturated carbocycles. The van der Waals surface area contributed by atoms with Crippen LogP contribution in [0.1, 0.15) is 24.0 Å². The molecule has 1 aromatic heterocycles. The third kappa shape index (κ3) is 8.11.